The van der Waals surface area contributed by atoms with Crippen LogP contribution in [0.1, 0.15) is 32.8 Å². The molecule has 116 valence electrons. The van der Waals surface area contributed by atoms with Crippen LogP contribution in [0.15, 0.2) is 18.2 Å². The number of carbonyl (C=O) groups excluding carboxylic acids is 1. The number of nitrogens with one attached hydrogen (secondary N) is 1. The first-order valence-corrected chi connectivity index (χ1v) is 7.77. The monoisotopic (exact) mass is 289 g/mol. The van der Waals surface area contributed by atoms with Crippen molar-refractivity contribution in [2.45, 2.75) is 40.2 Å². The van der Waals surface area contributed by atoms with Crippen LogP contribution >= 0.6 is 0 Å². The number of hydrogen-bond acceptors (Lipinski definition) is 3. The highest BCUT2D eigenvalue weighted by molar-refractivity contribution is 5.93. The van der Waals surface area contributed by atoms with E-state index in [1.54, 1.807) is 0 Å². The van der Waals surface area contributed by atoms with Crippen molar-refractivity contribution >= 4 is 17.3 Å². The van der Waals surface area contributed by atoms with Crippen LogP contribution in [0.25, 0.3) is 0 Å². The largest absolute Gasteiger partial charge is 0.398 e. The molecular formula is C17H27N3O. The van der Waals surface area contributed by atoms with E-state index in [-0.39, 0.29) is 5.91 Å². The predicted octanol–water partition coefficient (Wildman–Crippen LogP) is 2.88. The van der Waals surface area contributed by atoms with Crippen LogP contribution in [-0.4, -0.2) is 29.9 Å². The molecule has 0 aliphatic carbocycles. The predicted molar refractivity (Wildman–Crippen MR) is 88.2 cm³/mol. The fraction of sp³-hybridized carbons (Fsp3) is 0.588. The fourth-order valence-corrected chi connectivity index (χ4v) is 3.20. The van der Waals surface area contributed by atoms with Gasteiger partial charge in [0.15, 0.2) is 0 Å². The van der Waals surface area contributed by atoms with E-state index >= 15 is 0 Å². The molecule has 0 saturated carbocycles. The standard InChI is InChI=1S/C17H27N3O/c1-11-8-12(2)14(4)20(9-11)10-17(21)19-16-7-5-6-15(18)13(16)3/h5-7,11-12,14H,8-10,18H2,1-4H3,(H,19,21). The molecule has 1 aliphatic heterocycles. The molecule has 1 amide bonds. The summed E-state index contributed by atoms with van der Waals surface area (Å²) in [4.78, 5) is 14.6. The molecule has 3 unspecified atom stereocenters. The van der Waals surface area contributed by atoms with Crippen LogP contribution in [-0.2, 0) is 4.79 Å². The number of benzene rings is 1. The summed E-state index contributed by atoms with van der Waals surface area (Å²) in [7, 11) is 0. The zero-order valence-corrected chi connectivity index (χ0v) is 13.5. The number of likely N-dealkylation sites (tertiary alicyclic amines) is 1. The topological polar surface area (TPSA) is 58.4 Å². The zero-order valence-electron chi connectivity index (χ0n) is 13.5. The Morgan fingerprint density at radius 3 is 2.81 bits per heavy atom. The second-order valence-electron chi connectivity index (χ2n) is 6.56. The average molecular weight is 289 g/mol. The lowest BCUT2D eigenvalue weighted by Crippen LogP contribution is -2.48. The summed E-state index contributed by atoms with van der Waals surface area (Å²) in [6.07, 6.45) is 1.24. The molecule has 0 spiro atoms. The maximum Gasteiger partial charge on any atom is 0.238 e. The third-order valence-electron chi connectivity index (χ3n) is 4.72. The molecule has 4 heteroatoms. The molecule has 0 radical (unpaired) electrons. The molecule has 1 aromatic carbocycles. The molecule has 1 aliphatic rings. The Kier molecular flexibility index (Phi) is 4.88. The Balaban J connectivity index is 1.99. The molecule has 1 fully saturated rings. The van der Waals surface area contributed by atoms with Gasteiger partial charge in [-0.1, -0.05) is 19.9 Å². The molecule has 3 N–H and O–H groups in total. The number of piperidine rings is 1. The van der Waals surface area contributed by atoms with Crippen LogP contribution in [0, 0.1) is 18.8 Å². The molecule has 1 saturated heterocycles. The average Bonchev–Trinajstić information content (AvgIpc) is 2.40. The highest BCUT2D eigenvalue weighted by Crippen LogP contribution is 2.27. The normalized spacial score (nSPS) is 26.6. The summed E-state index contributed by atoms with van der Waals surface area (Å²) in [5.74, 6) is 1.32. The number of nitrogens with zero attached hydrogens (tertiary/aromatic N) is 1. The van der Waals surface area contributed by atoms with Gasteiger partial charge < -0.3 is 11.1 Å². The molecule has 1 aromatic rings. The van der Waals surface area contributed by atoms with Crippen LogP contribution in [0.4, 0.5) is 11.4 Å². The summed E-state index contributed by atoms with van der Waals surface area (Å²) in [5.41, 5.74) is 8.33. The molecule has 21 heavy (non-hydrogen) atoms. The summed E-state index contributed by atoms with van der Waals surface area (Å²) in [6, 6.07) is 6.06. The molecule has 1 heterocycles. The number of nitrogens with two attached hydrogens (primary N) is 1. The van der Waals surface area contributed by atoms with Crippen molar-refractivity contribution in [1.82, 2.24) is 4.90 Å². The first kappa shape index (κ1) is 15.8. The maximum absolute atomic E-state index is 12.3. The van der Waals surface area contributed by atoms with Gasteiger partial charge in [0.25, 0.3) is 0 Å². The van der Waals surface area contributed by atoms with E-state index in [1.165, 1.54) is 6.42 Å². The van der Waals surface area contributed by atoms with Crippen molar-refractivity contribution in [3.05, 3.63) is 23.8 Å². The van der Waals surface area contributed by atoms with Gasteiger partial charge >= 0.3 is 0 Å². The van der Waals surface area contributed by atoms with Crippen LogP contribution in [0.2, 0.25) is 0 Å². The van der Waals surface area contributed by atoms with Gasteiger partial charge in [-0.15, -0.1) is 0 Å². The van der Waals surface area contributed by atoms with Crippen molar-refractivity contribution in [3.8, 4) is 0 Å². The van der Waals surface area contributed by atoms with E-state index in [1.807, 2.05) is 25.1 Å². The van der Waals surface area contributed by atoms with E-state index in [2.05, 4.69) is 31.0 Å². The van der Waals surface area contributed by atoms with Crippen LogP contribution in [0.3, 0.4) is 0 Å². The SMILES string of the molecule is Cc1c(N)cccc1NC(=O)CN1CC(C)CC(C)C1C. The van der Waals surface area contributed by atoms with E-state index in [0.29, 0.717) is 30.1 Å². The summed E-state index contributed by atoms with van der Waals surface area (Å²) >= 11 is 0. The molecule has 0 aromatic heterocycles. The minimum atomic E-state index is 0.0388. The van der Waals surface area contributed by atoms with E-state index in [4.69, 9.17) is 5.73 Å². The third-order valence-corrected chi connectivity index (χ3v) is 4.72. The van der Waals surface area contributed by atoms with E-state index in [0.717, 1.165) is 17.8 Å². The molecule has 2 rings (SSSR count). The minimum absolute atomic E-state index is 0.0388. The number of carbonyl (C=O) groups is 1. The maximum atomic E-state index is 12.3. The lowest BCUT2D eigenvalue weighted by molar-refractivity contribution is -0.118. The summed E-state index contributed by atoms with van der Waals surface area (Å²) in [6.45, 7) is 10.1. The van der Waals surface area contributed by atoms with Gasteiger partial charge in [0.1, 0.15) is 0 Å². The Morgan fingerprint density at radius 1 is 1.38 bits per heavy atom. The van der Waals surface area contributed by atoms with Crippen LogP contribution < -0.4 is 11.1 Å². The van der Waals surface area contributed by atoms with Crippen molar-refractivity contribution in [3.63, 3.8) is 0 Å². The first-order chi connectivity index (χ1) is 9.88. The quantitative estimate of drug-likeness (QED) is 0.841. The molecular weight excluding hydrogens is 262 g/mol. The number of anilines is 2. The summed E-state index contributed by atoms with van der Waals surface area (Å²) in [5, 5.41) is 2.99. The van der Waals surface area contributed by atoms with Gasteiger partial charge in [0.05, 0.1) is 6.54 Å². The van der Waals surface area contributed by atoms with Gasteiger partial charge in [-0.2, -0.15) is 0 Å². The van der Waals surface area contributed by atoms with Gasteiger partial charge in [-0.25, -0.2) is 0 Å². The Hall–Kier alpha value is -1.55. The number of rotatable bonds is 3. The highest BCUT2D eigenvalue weighted by Gasteiger charge is 2.29. The van der Waals surface area contributed by atoms with Crippen molar-refractivity contribution in [2.24, 2.45) is 11.8 Å². The summed E-state index contributed by atoms with van der Waals surface area (Å²) < 4.78 is 0. The minimum Gasteiger partial charge on any atom is -0.398 e. The van der Waals surface area contributed by atoms with Crippen molar-refractivity contribution in [1.29, 1.82) is 0 Å². The molecule has 4 nitrogen and oxygen atoms in total. The number of amides is 1. The second kappa shape index (κ2) is 6.48. The third kappa shape index (κ3) is 3.76. The number of nitrogen functional groups attached to an aromatic ring is 1. The second-order valence-corrected chi connectivity index (χ2v) is 6.56. The van der Waals surface area contributed by atoms with Gasteiger partial charge in [-0.3, -0.25) is 9.69 Å². The lowest BCUT2D eigenvalue weighted by atomic mass is 9.86. The smallest absolute Gasteiger partial charge is 0.238 e. The Labute approximate surface area is 127 Å². The van der Waals surface area contributed by atoms with Gasteiger partial charge in [0.2, 0.25) is 5.91 Å². The van der Waals surface area contributed by atoms with E-state index < -0.39 is 0 Å². The number of hydrogen-bond donors (Lipinski definition) is 2. The zero-order chi connectivity index (χ0) is 15.6. The van der Waals surface area contributed by atoms with Crippen molar-refractivity contribution in [2.75, 3.05) is 24.1 Å². The highest BCUT2D eigenvalue weighted by atomic mass is 16.2. The molecule has 0 bridgehead atoms. The van der Waals surface area contributed by atoms with Crippen molar-refractivity contribution < 1.29 is 4.79 Å². The van der Waals surface area contributed by atoms with Crippen LogP contribution in [0.5, 0.6) is 0 Å². The lowest BCUT2D eigenvalue weighted by Gasteiger charge is -2.40. The Morgan fingerprint density at radius 2 is 2.10 bits per heavy atom. The Bertz CT molecular complexity index is 515. The molecule has 3 atom stereocenters. The fourth-order valence-electron chi connectivity index (χ4n) is 3.20. The first-order valence-electron chi connectivity index (χ1n) is 7.77. The van der Waals surface area contributed by atoms with E-state index in [9.17, 15) is 4.79 Å². The van der Waals surface area contributed by atoms with Gasteiger partial charge in [0, 0.05) is 24.0 Å². The van der Waals surface area contributed by atoms with Gasteiger partial charge in [-0.05, 0) is 49.8 Å².